The van der Waals surface area contributed by atoms with Crippen LogP contribution in [0.3, 0.4) is 0 Å². The van der Waals surface area contributed by atoms with Gasteiger partial charge >= 0.3 is 13.1 Å². The van der Waals surface area contributed by atoms with E-state index in [0.29, 0.717) is 19.4 Å². The predicted octanol–water partition coefficient (Wildman–Crippen LogP) is -1.57. The average molecular weight is 258 g/mol. The SMILES string of the molecule is CC(C)(C(=O)O)C(N)C(=O)N1CCCC1B(O)O. The van der Waals surface area contributed by atoms with Gasteiger partial charge in [-0.2, -0.15) is 0 Å². The van der Waals surface area contributed by atoms with Gasteiger partial charge in [-0.25, -0.2) is 0 Å². The first-order valence-electron chi connectivity index (χ1n) is 5.85. The van der Waals surface area contributed by atoms with E-state index in [1.807, 2.05) is 0 Å². The van der Waals surface area contributed by atoms with Gasteiger partial charge in [0.25, 0.3) is 0 Å². The summed E-state index contributed by atoms with van der Waals surface area (Å²) >= 11 is 0. The molecule has 0 aliphatic carbocycles. The van der Waals surface area contributed by atoms with Gasteiger partial charge in [-0.3, -0.25) is 9.59 Å². The maximum atomic E-state index is 12.1. The van der Waals surface area contributed by atoms with Gasteiger partial charge in [-0.05, 0) is 26.7 Å². The molecule has 0 aromatic carbocycles. The lowest BCUT2D eigenvalue weighted by Crippen LogP contribution is -2.57. The molecule has 1 saturated heterocycles. The summed E-state index contributed by atoms with van der Waals surface area (Å²) in [7, 11) is -1.63. The number of hydrogen-bond acceptors (Lipinski definition) is 5. The maximum Gasteiger partial charge on any atom is 0.475 e. The van der Waals surface area contributed by atoms with Crippen LogP contribution in [0.1, 0.15) is 26.7 Å². The fourth-order valence-electron chi connectivity index (χ4n) is 2.00. The van der Waals surface area contributed by atoms with Crippen molar-refractivity contribution in [2.45, 2.75) is 38.7 Å². The van der Waals surface area contributed by atoms with Crippen molar-refractivity contribution in [2.24, 2.45) is 11.1 Å². The van der Waals surface area contributed by atoms with Crippen molar-refractivity contribution in [3.8, 4) is 0 Å². The quantitative estimate of drug-likeness (QED) is 0.451. The van der Waals surface area contributed by atoms with Gasteiger partial charge in [0.05, 0.1) is 11.4 Å². The molecule has 0 radical (unpaired) electrons. The van der Waals surface area contributed by atoms with Crippen LogP contribution < -0.4 is 5.73 Å². The van der Waals surface area contributed by atoms with Crippen molar-refractivity contribution in [3.05, 3.63) is 0 Å². The van der Waals surface area contributed by atoms with Gasteiger partial charge in [-0.15, -0.1) is 0 Å². The van der Waals surface area contributed by atoms with E-state index in [1.165, 1.54) is 18.7 Å². The Balaban J connectivity index is 2.84. The Morgan fingerprint density at radius 3 is 2.44 bits per heavy atom. The first-order chi connectivity index (χ1) is 8.19. The molecule has 18 heavy (non-hydrogen) atoms. The highest BCUT2D eigenvalue weighted by Gasteiger charge is 2.45. The second-order valence-electron chi connectivity index (χ2n) is 5.16. The van der Waals surface area contributed by atoms with Crippen LogP contribution in [0.2, 0.25) is 0 Å². The Labute approximate surface area is 106 Å². The summed E-state index contributed by atoms with van der Waals surface area (Å²) in [4.78, 5) is 24.4. The van der Waals surface area contributed by atoms with Crippen LogP contribution in [-0.4, -0.2) is 57.6 Å². The smallest absolute Gasteiger partial charge is 0.475 e. The van der Waals surface area contributed by atoms with Gasteiger partial charge in [0.2, 0.25) is 5.91 Å². The van der Waals surface area contributed by atoms with Crippen LogP contribution in [0, 0.1) is 5.41 Å². The monoisotopic (exact) mass is 258 g/mol. The molecular weight excluding hydrogens is 239 g/mol. The second kappa shape index (κ2) is 5.25. The van der Waals surface area contributed by atoms with Crippen LogP contribution in [0.25, 0.3) is 0 Å². The van der Waals surface area contributed by atoms with Gasteiger partial charge in [0, 0.05) is 6.54 Å². The molecule has 0 aromatic rings. The lowest BCUT2D eigenvalue weighted by atomic mass is 9.77. The molecule has 1 heterocycles. The third-order valence-electron chi connectivity index (χ3n) is 3.52. The number of likely N-dealkylation sites (tertiary alicyclic amines) is 1. The summed E-state index contributed by atoms with van der Waals surface area (Å²) in [6, 6.07) is -1.21. The van der Waals surface area contributed by atoms with Crippen LogP contribution >= 0.6 is 0 Å². The van der Waals surface area contributed by atoms with Gasteiger partial charge < -0.3 is 25.8 Å². The number of hydrogen-bond donors (Lipinski definition) is 4. The molecule has 7 nitrogen and oxygen atoms in total. The molecule has 1 rings (SSSR count). The Morgan fingerprint density at radius 1 is 1.44 bits per heavy atom. The zero-order valence-corrected chi connectivity index (χ0v) is 10.5. The van der Waals surface area contributed by atoms with E-state index in [2.05, 4.69) is 0 Å². The van der Waals surface area contributed by atoms with Gasteiger partial charge in [-0.1, -0.05) is 0 Å². The molecule has 1 amide bonds. The minimum Gasteiger partial charge on any atom is -0.481 e. The number of nitrogens with two attached hydrogens (primary N) is 1. The Bertz CT molecular complexity index is 347. The maximum absolute atomic E-state index is 12.1. The highest BCUT2D eigenvalue weighted by Crippen LogP contribution is 2.25. The molecule has 0 saturated carbocycles. The number of aliphatic carboxylic acids is 1. The molecule has 0 aromatic heterocycles. The van der Waals surface area contributed by atoms with Crippen LogP contribution in [0.4, 0.5) is 0 Å². The summed E-state index contributed by atoms with van der Waals surface area (Å²) < 4.78 is 0. The molecule has 0 bridgehead atoms. The highest BCUT2D eigenvalue weighted by atomic mass is 16.4. The van der Waals surface area contributed by atoms with Gasteiger partial charge in [0.1, 0.15) is 6.04 Å². The van der Waals surface area contributed by atoms with Gasteiger partial charge in [0.15, 0.2) is 0 Å². The van der Waals surface area contributed by atoms with Crippen molar-refractivity contribution in [1.29, 1.82) is 0 Å². The summed E-state index contributed by atoms with van der Waals surface area (Å²) in [6.07, 6.45) is 1.12. The largest absolute Gasteiger partial charge is 0.481 e. The molecular formula is C10H19BN2O5. The molecule has 2 unspecified atom stereocenters. The summed E-state index contributed by atoms with van der Waals surface area (Å²) in [6.45, 7) is 3.11. The summed E-state index contributed by atoms with van der Waals surface area (Å²) in [5, 5.41) is 27.4. The fourth-order valence-corrected chi connectivity index (χ4v) is 2.00. The number of carboxylic acids is 1. The molecule has 1 aliphatic rings. The third kappa shape index (κ3) is 2.65. The van der Waals surface area contributed by atoms with E-state index < -0.39 is 36.4 Å². The Hall–Kier alpha value is -1.12. The normalized spacial score (nSPS) is 21.8. The molecule has 1 fully saturated rings. The first kappa shape index (κ1) is 14.9. The fraction of sp³-hybridized carbons (Fsp3) is 0.800. The van der Waals surface area contributed by atoms with Crippen molar-refractivity contribution < 1.29 is 24.7 Å². The zero-order chi connectivity index (χ0) is 14.1. The molecule has 102 valence electrons. The molecule has 5 N–H and O–H groups in total. The minimum atomic E-state index is -1.63. The number of carboxylic acid groups (broad SMARTS) is 1. The van der Waals surface area contributed by atoms with E-state index in [9.17, 15) is 9.59 Å². The summed E-state index contributed by atoms with van der Waals surface area (Å²) in [5.74, 6) is -2.42. The topological polar surface area (TPSA) is 124 Å². The number of carbonyl (C=O) groups is 2. The standard InChI is InChI=1S/C10H19BN2O5/c1-10(2,9(15)16)7(12)8(14)13-5-3-4-6(13)11(17)18/h6-7,17-18H,3-5,12H2,1-2H3,(H,15,16). The number of rotatable bonds is 4. The molecule has 0 spiro atoms. The molecule has 8 heteroatoms. The Kier molecular flexibility index (Phi) is 4.36. The summed E-state index contributed by atoms with van der Waals surface area (Å²) in [5.41, 5.74) is 4.30. The highest BCUT2D eigenvalue weighted by molar-refractivity contribution is 6.43. The van der Waals surface area contributed by atoms with Crippen LogP contribution in [0.15, 0.2) is 0 Å². The van der Waals surface area contributed by atoms with E-state index in [4.69, 9.17) is 20.9 Å². The van der Waals surface area contributed by atoms with Crippen molar-refractivity contribution in [1.82, 2.24) is 4.90 Å². The van der Waals surface area contributed by atoms with Crippen molar-refractivity contribution in [2.75, 3.05) is 6.54 Å². The lowest BCUT2D eigenvalue weighted by molar-refractivity contribution is -0.153. The lowest BCUT2D eigenvalue weighted by Gasteiger charge is -2.32. The first-order valence-corrected chi connectivity index (χ1v) is 5.85. The predicted molar refractivity (Wildman–Crippen MR) is 64.3 cm³/mol. The molecule has 2 atom stereocenters. The van der Waals surface area contributed by atoms with E-state index in [-0.39, 0.29) is 0 Å². The number of nitrogens with zero attached hydrogens (tertiary/aromatic N) is 1. The zero-order valence-electron chi connectivity index (χ0n) is 10.5. The van der Waals surface area contributed by atoms with Crippen molar-refractivity contribution in [3.63, 3.8) is 0 Å². The van der Waals surface area contributed by atoms with Crippen molar-refractivity contribution >= 4 is 19.0 Å². The van der Waals surface area contributed by atoms with Crippen LogP contribution in [0.5, 0.6) is 0 Å². The Morgan fingerprint density at radius 2 is 2.00 bits per heavy atom. The van der Waals surface area contributed by atoms with Crippen LogP contribution in [-0.2, 0) is 9.59 Å². The molecule has 1 aliphatic heterocycles. The average Bonchev–Trinajstić information content (AvgIpc) is 2.75. The minimum absolute atomic E-state index is 0.366. The number of carbonyl (C=O) groups excluding carboxylic acids is 1. The third-order valence-corrected chi connectivity index (χ3v) is 3.52. The van der Waals surface area contributed by atoms with E-state index in [1.54, 1.807) is 0 Å². The van der Waals surface area contributed by atoms with E-state index >= 15 is 0 Å². The van der Waals surface area contributed by atoms with E-state index in [0.717, 1.165) is 0 Å². The number of amides is 1. The second-order valence-corrected chi connectivity index (χ2v) is 5.16.